The van der Waals surface area contributed by atoms with Crippen molar-refractivity contribution in [3.8, 4) is 17.2 Å². The lowest BCUT2D eigenvalue weighted by atomic mass is 10.0. The number of alkyl halides is 1. The van der Waals surface area contributed by atoms with Crippen LogP contribution in [0.3, 0.4) is 0 Å². The molecular weight excluding hydrogens is 238 g/mol. The van der Waals surface area contributed by atoms with E-state index in [2.05, 4.69) is 6.07 Å². The van der Waals surface area contributed by atoms with Crippen LogP contribution in [-0.2, 0) is 5.88 Å². The fourth-order valence-corrected chi connectivity index (χ4v) is 2.78. The van der Waals surface area contributed by atoms with E-state index >= 15 is 0 Å². The molecular formula is C13H10ClNS. The Morgan fingerprint density at radius 1 is 1.31 bits per heavy atom. The zero-order valence-corrected chi connectivity index (χ0v) is 10.4. The molecule has 2 aromatic rings. The maximum atomic E-state index is 9.06. The van der Waals surface area contributed by atoms with E-state index in [1.165, 1.54) is 5.56 Å². The van der Waals surface area contributed by atoms with E-state index < -0.39 is 0 Å². The van der Waals surface area contributed by atoms with Gasteiger partial charge >= 0.3 is 0 Å². The molecule has 80 valence electrons. The summed E-state index contributed by atoms with van der Waals surface area (Å²) in [4.78, 5) is 1.06. The molecule has 0 aliphatic carbocycles. The van der Waals surface area contributed by atoms with Gasteiger partial charge in [-0.25, -0.2) is 0 Å². The molecule has 16 heavy (non-hydrogen) atoms. The van der Waals surface area contributed by atoms with Crippen LogP contribution in [-0.4, -0.2) is 0 Å². The second kappa shape index (κ2) is 4.69. The molecule has 0 fully saturated rings. The Hall–Kier alpha value is -1.30. The van der Waals surface area contributed by atoms with Crippen LogP contribution in [0.2, 0.25) is 0 Å². The molecule has 0 saturated carbocycles. The predicted octanol–water partition coefficient (Wildman–Crippen LogP) is 4.33. The van der Waals surface area contributed by atoms with Crippen molar-refractivity contribution in [2.75, 3.05) is 0 Å². The van der Waals surface area contributed by atoms with Crippen LogP contribution in [0.15, 0.2) is 29.6 Å². The first kappa shape index (κ1) is 11.2. The highest BCUT2D eigenvalue weighted by Crippen LogP contribution is 2.33. The zero-order valence-electron chi connectivity index (χ0n) is 8.83. The molecule has 1 heterocycles. The zero-order chi connectivity index (χ0) is 11.5. The van der Waals surface area contributed by atoms with Gasteiger partial charge in [0.2, 0.25) is 0 Å². The monoisotopic (exact) mass is 247 g/mol. The summed E-state index contributed by atoms with van der Waals surface area (Å²) in [5.41, 5.74) is 3.98. The maximum Gasteiger partial charge on any atom is 0.101 e. The van der Waals surface area contributed by atoms with Crippen molar-refractivity contribution in [3.05, 3.63) is 45.6 Å². The minimum atomic E-state index is 0.454. The topological polar surface area (TPSA) is 23.8 Å². The molecule has 0 bridgehead atoms. The van der Waals surface area contributed by atoms with Gasteiger partial charge in [-0.05, 0) is 12.5 Å². The summed E-state index contributed by atoms with van der Waals surface area (Å²) in [7, 11) is 0. The SMILES string of the molecule is Cc1ccc(-c2c(C#N)csc2CCl)cc1. The van der Waals surface area contributed by atoms with Gasteiger partial charge in [-0.3, -0.25) is 0 Å². The maximum absolute atomic E-state index is 9.06. The molecule has 0 atom stereocenters. The molecule has 1 aromatic carbocycles. The molecule has 3 heteroatoms. The van der Waals surface area contributed by atoms with E-state index in [9.17, 15) is 0 Å². The average molecular weight is 248 g/mol. The van der Waals surface area contributed by atoms with Crippen molar-refractivity contribution in [3.63, 3.8) is 0 Å². The molecule has 0 amide bonds. The Morgan fingerprint density at radius 2 is 2.00 bits per heavy atom. The van der Waals surface area contributed by atoms with Crippen molar-refractivity contribution >= 4 is 22.9 Å². The number of halogens is 1. The van der Waals surface area contributed by atoms with E-state index in [1.807, 2.05) is 36.6 Å². The summed E-state index contributed by atoms with van der Waals surface area (Å²) in [5, 5.41) is 10.9. The second-order valence-corrected chi connectivity index (χ2v) is 4.79. The molecule has 0 N–H and O–H groups in total. The standard InChI is InChI=1S/C13H10ClNS/c1-9-2-4-10(5-3-9)13-11(7-15)8-16-12(13)6-14/h2-5,8H,6H2,1H3. The molecule has 1 nitrogen and oxygen atoms in total. The van der Waals surface area contributed by atoms with Crippen LogP contribution < -0.4 is 0 Å². The molecule has 0 saturated heterocycles. The fourth-order valence-electron chi connectivity index (χ4n) is 1.62. The fraction of sp³-hybridized carbons (Fsp3) is 0.154. The third-order valence-electron chi connectivity index (χ3n) is 2.45. The summed E-state index contributed by atoms with van der Waals surface area (Å²) in [5.74, 6) is 0.454. The van der Waals surface area contributed by atoms with Gasteiger partial charge in [0.15, 0.2) is 0 Å². The first-order chi connectivity index (χ1) is 7.76. The summed E-state index contributed by atoms with van der Waals surface area (Å²) >= 11 is 7.43. The van der Waals surface area contributed by atoms with Crippen LogP contribution in [0, 0.1) is 18.3 Å². The highest BCUT2D eigenvalue weighted by atomic mass is 35.5. The van der Waals surface area contributed by atoms with Crippen molar-refractivity contribution in [2.45, 2.75) is 12.8 Å². The van der Waals surface area contributed by atoms with E-state index in [0.717, 1.165) is 16.0 Å². The van der Waals surface area contributed by atoms with Crippen LogP contribution in [0.1, 0.15) is 16.0 Å². The van der Waals surface area contributed by atoms with Gasteiger partial charge in [-0.15, -0.1) is 22.9 Å². The van der Waals surface area contributed by atoms with Gasteiger partial charge in [0, 0.05) is 15.8 Å². The van der Waals surface area contributed by atoms with Gasteiger partial charge in [-0.2, -0.15) is 5.26 Å². The number of aryl methyl sites for hydroxylation is 1. The van der Waals surface area contributed by atoms with Crippen molar-refractivity contribution < 1.29 is 0 Å². The molecule has 1 aromatic heterocycles. The summed E-state index contributed by atoms with van der Waals surface area (Å²) in [6.45, 7) is 2.05. The lowest BCUT2D eigenvalue weighted by Crippen LogP contribution is -1.83. The molecule has 0 spiro atoms. The molecule has 0 radical (unpaired) electrons. The Kier molecular flexibility index (Phi) is 3.28. The van der Waals surface area contributed by atoms with E-state index in [-0.39, 0.29) is 0 Å². The van der Waals surface area contributed by atoms with Crippen LogP contribution in [0.5, 0.6) is 0 Å². The number of thiophene rings is 1. The lowest BCUT2D eigenvalue weighted by molar-refractivity contribution is 1.44. The Labute approximate surface area is 104 Å². The van der Waals surface area contributed by atoms with E-state index in [0.29, 0.717) is 11.4 Å². The quantitative estimate of drug-likeness (QED) is 0.725. The van der Waals surface area contributed by atoms with Crippen LogP contribution >= 0.6 is 22.9 Å². The average Bonchev–Trinajstić information content (AvgIpc) is 2.73. The second-order valence-electron chi connectivity index (χ2n) is 3.56. The van der Waals surface area contributed by atoms with Gasteiger partial charge in [-0.1, -0.05) is 29.8 Å². The smallest absolute Gasteiger partial charge is 0.101 e. The van der Waals surface area contributed by atoms with Crippen molar-refractivity contribution in [1.29, 1.82) is 5.26 Å². The largest absolute Gasteiger partial charge is 0.192 e. The molecule has 0 aliphatic heterocycles. The number of benzene rings is 1. The first-order valence-electron chi connectivity index (χ1n) is 4.89. The first-order valence-corrected chi connectivity index (χ1v) is 6.31. The minimum Gasteiger partial charge on any atom is -0.192 e. The van der Waals surface area contributed by atoms with Gasteiger partial charge in [0.05, 0.1) is 11.4 Å². The Bertz CT molecular complexity index is 534. The van der Waals surface area contributed by atoms with Gasteiger partial charge < -0.3 is 0 Å². The number of nitriles is 1. The number of hydrogen-bond acceptors (Lipinski definition) is 2. The predicted molar refractivity (Wildman–Crippen MR) is 68.8 cm³/mol. The summed E-state index contributed by atoms with van der Waals surface area (Å²) < 4.78 is 0. The number of rotatable bonds is 2. The summed E-state index contributed by atoms with van der Waals surface area (Å²) in [6, 6.07) is 10.4. The van der Waals surface area contributed by atoms with Crippen molar-refractivity contribution in [1.82, 2.24) is 0 Å². The number of nitrogens with zero attached hydrogens (tertiary/aromatic N) is 1. The number of hydrogen-bond donors (Lipinski definition) is 0. The lowest BCUT2D eigenvalue weighted by Gasteiger charge is -2.03. The highest BCUT2D eigenvalue weighted by Gasteiger charge is 2.12. The molecule has 2 rings (SSSR count). The Morgan fingerprint density at radius 3 is 2.56 bits per heavy atom. The van der Waals surface area contributed by atoms with Gasteiger partial charge in [0.1, 0.15) is 6.07 Å². The molecule has 0 unspecified atom stereocenters. The summed E-state index contributed by atoms with van der Waals surface area (Å²) in [6.07, 6.45) is 0. The molecule has 0 aliphatic rings. The Balaban J connectivity index is 2.58. The van der Waals surface area contributed by atoms with E-state index in [4.69, 9.17) is 16.9 Å². The van der Waals surface area contributed by atoms with Crippen LogP contribution in [0.4, 0.5) is 0 Å². The van der Waals surface area contributed by atoms with Crippen molar-refractivity contribution in [2.24, 2.45) is 0 Å². The van der Waals surface area contributed by atoms with Gasteiger partial charge in [0.25, 0.3) is 0 Å². The normalized spacial score (nSPS) is 10.1. The minimum absolute atomic E-state index is 0.454. The van der Waals surface area contributed by atoms with Crippen LogP contribution in [0.25, 0.3) is 11.1 Å². The third kappa shape index (κ3) is 1.97. The highest BCUT2D eigenvalue weighted by molar-refractivity contribution is 7.10. The van der Waals surface area contributed by atoms with E-state index in [1.54, 1.807) is 11.3 Å². The third-order valence-corrected chi connectivity index (χ3v) is 3.86.